The maximum atomic E-state index is 14.0. The molecule has 0 aliphatic carbocycles. The van der Waals surface area contributed by atoms with E-state index < -0.39 is 11.6 Å². The molecule has 0 aliphatic rings. The fourth-order valence-electron chi connectivity index (χ4n) is 3.55. The zero-order valence-corrected chi connectivity index (χ0v) is 16.4. The second-order valence-corrected chi connectivity index (χ2v) is 7.18. The summed E-state index contributed by atoms with van der Waals surface area (Å²) >= 11 is 0. The highest BCUT2D eigenvalue weighted by molar-refractivity contribution is 5.91. The lowest BCUT2D eigenvalue weighted by Gasteiger charge is -2.15. The number of fused-ring (bicyclic) bond motifs is 1. The summed E-state index contributed by atoms with van der Waals surface area (Å²) in [6, 6.07) is 19.6. The molecule has 2 nitrogen and oxygen atoms in total. The van der Waals surface area contributed by atoms with Gasteiger partial charge in [-0.2, -0.15) is 0 Å². The Labute approximate surface area is 168 Å². The van der Waals surface area contributed by atoms with Crippen LogP contribution < -0.4 is 4.74 Å². The Hall–Kier alpha value is -3.27. The van der Waals surface area contributed by atoms with Gasteiger partial charge in [0, 0.05) is 29.0 Å². The van der Waals surface area contributed by atoms with Gasteiger partial charge in [0.1, 0.15) is 24.0 Å². The molecule has 0 N–H and O–H groups in total. The van der Waals surface area contributed by atoms with Crippen LogP contribution in [0.1, 0.15) is 28.1 Å². The first-order valence-electron chi connectivity index (χ1n) is 9.52. The van der Waals surface area contributed by atoms with Crippen LogP contribution in [0.15, 0.2) is 66.7 Å². The molecule has 3 aromatic carbocycles. The average Bonchev–Trinajstić information content (AvgIpc) is 2.71. The Kier molecular flexibility index (Phi) is 5.26. The van der Waals surface area contributed by atoms with Gasteiger partial charge in [-0.15, -0.1) is 0 Å². The van der Waals surface area contributed by atoms with Crippen molar-refractivity contribution in [3.8, 4) is 5.75 Å². The Balaban J connectivity index is 1.67. The van der Waals surface area contributed by atoms with Crippen molar-refractivity contribution in [1.29, 1.82) is 0 Å². The second kappa shape index (κ2) is 8.00. The number of aromatic nitrogens is 1. The molecule has 29 heavy (non-hydrogen) atoms. The summed E-state index contributed by atoms with van der Waals surface area (Å²) in [7, 11) is 0. The summed E-state index contributed by atoms with van der Waals surface area (Å²) in [6.07, 6.45) is 0.384. The Morgan fingerprint density at radius 3 is 2.34 bits per heavy atom. The summed E-state index contributed by atoms with van der Waals surface area (Å²) in [5, 5.41) is 1.95. The lowest BCUT2D eigenvalue weighted by molar-refractivity contribution is 0.306. The van der Waals surface area contributed by atoms with E-state index >= 15 is 0 Å². The zero-order chi connectivity index (χ0) is 20.4. The maximum Gasteiger partial charge on any atom is 0.148 e. The highest BCUT2D eigenvalue weighted by atomic mass is 19.1. The first kappa shape index (κ1) is 19.1. The molecule has 0 saturated heterocycles. The van der Waals surface area contributed by atoms with Crippen LogP contribution >= 0.6 is 0 Å². The van der Waals surface area contributed by atoms with Crippen LogP contribution in [0, 0.1) is 25.5 Å². The lowest BCUT2D eigenvalue weighted by Crippen LogP contribution is -2.01. The number of aryl methyl sites for hydroxylation is 2. The monoisotopic (exact) mass is 389 g/mol. The minimum absolute atomic E-state index is 0.384. The summed E-state index contributed by atoms with van der Waals surface area (Å²) in [6.45, 7) is 4.36. The number of pyridine rings is 1. The van der Waals surface area contributed by atoms with E-state index in [0.29, 0.717) is 18.6 Å². The van der Waals surface area contributed by atoms with Crippen molar-refractivity contribution in [2.75, 3.05) is 0 Å². The van der Waals surface area contributed by atoms with E-state index in [0.717, 1.165) is 45.1 Å². The largest absolute Gasteiger partial charge is 0.486 e. The van der Waals surface area contributed by atoms with Crippen molar-refractivity contribution < 1.29 is 13.5 Å². The molecule has 0 atom stereocenters. The van der Waals surface area contributed by atoms with Crippen LogP contribution in [0.5, 0.6) is 5.75 Å². The normalized spacial score (nSPS) is 11.0. The third kappa shape index (κ3) is 4.11. The van der Waals surface area contributed by atoms with Crippen molar-refractivity contribution in [3.05, 3.63) is 106 Å². The van der Waals surface area contributed by atoms with Crippen LogP contribution in [0.25, 0.3) is 10.8 Å². The third-order valence-electron chi connectivity index (χ3n) is 5.02. The molecule has 0 aliphatic heterocycles. The summed E-state index contributed by atoms with van der Waals surface area (Å²) in [4.78, 5) is 4.64. The fraction of sp³-hybridized carbons (Fsp3) is 0.160. The van der Waals surface area contributed by atoms with Gasteiger partial charge in [-0.25, -0.2) is 8.78 Å². The Morgan fingerprint density at radius 1 is 0.793 bits per heavy atom. The summed E-state index contributed by atoms with van der Waals surface area (Å²) < 4.78 is 33.3. The van der Waals surface area contributed by atoms with Gasteiger partial charge in [-0.05, 0) is 42.7 Å². The zero-order valence-electron chi connectivity index (χ0n) is 16.4. The molecule has 4 aromatic rings. The van der Waals surface area contributed by atoms with Gasteiger partial charge in [0.25, 0.3) is 0 Å². The number of ether oxygens (including phenoxy) is 1. The molecule has 0 radical (unpaired) electrons. The maximum absolute atomic E-state index is 14.0. The molecule has 0 bridgehead atoms. The molecular formula is C25H21F2NO. The first-order chi connectivity index (χ1) is 14.0. The molecule has 0 spiro atoms. The van der Waals surface area contributed by atoms with E-state index in [1.54, 1.807) is 0 Å². The highest BCUT2D eigenvalue weighted by Gasteiger charge is 2.13. The fourth-order valence-corrected chi connectivity index (χ4v) is 3.55. The van der Waals surface area contributed by atoms with Crippen LogP contribution in [-0.4, -0.2) is 4.98 Å². The number of hydrogen-bond acceptors (Lipinski definition) is 2. The summed E-state index contributed by atoms with van der Waals surface area (Å²) in [5.74, 6) is -0.342. The van der Waals surface area contributed by atoms with Crippen LogP contribution in [-0.2, 0) is 13.0 Å². The summed E-state index contributed by atoms with van der Waals surface area (Å²) in [5.41, 5.74) is 4.22. The molecule has 0 saturated carbocycles. The molecular weight excluding hydrogens is 368 g/mol. The number of benzene rings is 3. The quantitative estimate of drug-likeness (QED) is 0.400. The van der Waals surface area contributed by atoms with E-state index in [9.17, 15) is 8.78 Å². The average molecular weight is 389 g/mol. The smallest absolute Gasteiger partial charge is 0.148 e. The number of halogens is 2. The minimum Gasteiger partial charge on any atom is -0.486 e. The lowest BCUT2D eigenvalue weighted by atomic mass is 9.99. The van der Waals surface area contributed by atoms with Gasteiger partial charge >= 0.3 is 0 Å². The van der Waals surface area contributed by atoms with Crippen molar-refractivity contribution in [2.45, 2.75) is 26.9 Å². The van der Waals surface area contributed by atoms with Crippen molar-refractivity contribution in [3.63, 3.8) is 0 Å². The van der Waals surface area contributed by atoms with Crippen LogP contribution in [0.2, 0.25) is 0 Å². The topological polar surface area (TPSA) is 22.1 Å². The van der Waals surface area contributed by atoms with Crippen molar-refractivity contribution in [1.82, 2.24) is 4.98 Å². The van der Waals surface area contributed by atoms with E-state index in [1.807, 2.05) is 62.4 Å². The van der Waals surface area contributed by atoms with Crippen LogP contribution in [0.4, 0.5) is 8.78 Å². The Morgan fingerprint density at radius 2 is 1.59 bits per heavy atom. The van der Waals surface area contributed by atoms with Gasteiger partial charge in [0.05, 0.1) is 5.69 Å². The molecule has 1 heterocycles. The van der Waals surface area contributed by atoms with Crippen LogP contribution in [0.3, 0.4) is 0 Å². The predicted octanol–water partition coefficient (Wildman–Crippen LogP) is 6.30. The Bertz CT molecular complexity index is 1170. The minimum atomic E-state index is -0.569. The van der Waals surface area contributed by atoms with Crippen molar-refractivity contribution in [2.24, 2.45) is 0 Å². The van der Waals surface area contributed by atoms with Gasteiger partial charge in [0.15, 0.2) is 0 Å². The van der Waals surface area contributed by atoms with Gasteiger partial charge in [-0.3, -0.25) is 4.98 Å². The van der Waals surface area contributed by atoms with Crippen molar-refractivity contribution >= 4 is 10.8 Å². The van der Waals surface area contributed by atoms with Gasteiger partial charge < -0.3 is 4.74 Å². The standard InChI is InChI=1S/C25H21F2NO/c1-16-23-13-19(12-20-9-10-21(26)14-24(20)27)8-11-22(23)25(17(2)28-16)29-15-18-6-4-3-5-7-18/h3-11,13-14H,12,15H2,1-2H3. The van der Waals surface area contributed by atoms with E-state index in [2.05, 4.69) is 4.98 Å². The highest BCUT2D eigenvalue weighted by Crippen LogP contribution is 2.32. The molecule has 0 unspecified atom stereocenters. The molecule has 1 aromatic heterocycles. The first-order valence-corrected chi connectivity index (χ1v) is 9.52. The van der Waals surface area contributed by atoms with Gasteiger partial charge in [0.2, 0.25) is 0 Å². The number of rotatable bonds is 5. The number of hydrogen-bond donors (Lipinski definition) is 0. The molecule has 4 heteroatoms. The molecule has 0 fully saturated rings. The molecule has 146 valence electrons. The van der Waals surface area contributed by atoms with E-state index in [1.165, 1.54) is 12.1 Å². The second-order valence-electron chi connectivity index (χ2n) is 7.18. The van der Waals surface area contributed by atoms with E-state index in [-0.39, 0.29) is 0 Å². The predicted molar refractivity (Wildman–Crippen MR) is 111 cm³/mol. The van der Waals surface area contributed by atoms with E-state index in [4.69, 9.17) is 4.74 Å². The third-order valence-corrected chi connectivity index (χ3v) is 5.02. The van der Waals surface area contributed by atoms with Gasteiger partial charge in [-0.1, -0.05) is 48.5 Å². The SMILES string of the molecule is Cc1nc(C)c2cc(Cc3ccc(F)cc3F)ccc2c1OCc1ccccc1. The molecule has 4 rings (SSSR count). The number of nitrogens with zero attached hydrogens (tertiary/aromatic N) is 1. The molecule has 0 amide bonds.